The third-order valence-electron chi connectivity index (χ3n) is 5.49. The predicted molar refractivity (Wildman–Crippen MR) is 128 cm³/mol. The van der Waals surface area contributed by atoms with E-state index in [1.54, 1.807) is 18.3 Å². The molecule has 0 aliphatic heterocycles. The van der Waals surface area contributed by atoms with Gasteiger partial charge in [0.2, 0.25) is 5.82 Å². The molecule has 2 aromatic carbocycles. The lowest BCUT2D eigenvalue weighted by Gasteiger charge is -2.27. The van der Waals surface area contributed by atoms with Crippen molar-refractivity contribution in [2.24, 2.45) is 0 Å². The molecule has 174 valence electrons. The van der Waals surface area contributed by atoms with Crippen molar-refractivity contribution in [2.75, 3.05) is 11.4 Å². The van der Waals surface area contributed by atoms with Crippen molar-refractivity contribution in [3.8, 4) is 22.5 Å². The summed E-state index contributed by atoms with van der Waals surface area (Å²) in [6.45, 7) is 3.36. The van der Waals surface area contributed by atoms with Crippen LogP contribution in [0.5, 0.6) is 0 Å². The Labute approximate surface area is 197 Å². The largest absolute Gasteiger partial charge is 0.481 e. The number of carbonyl (C=O) groups is 1. The molecule has 0 saturated carbocycles. The summed E-state index contributed by atoms with van der Waals surface area (Å²) < 4.78 is 0. The molecule has 0 fully saturated rings. The Kier molecular flexibility index (Phi) is 7.24. The number of carboxylic acid groups (broad SMARTS) is 1. The third kappa shape index (κ3) is 5.26. The lowest BCUT2D eigenvalue weighted by Crippen LogP contribution is -2.26. The Hall–Kier alpha value is -4.11. The number of aliphatic hydroxyl groups excluding tert-OH is 1. The summed E-state index contributed by atoms with van der Waals surface area (Å²) in [4.78, 5) is 17.7. The van der Waals surface area contributed by atoms with E-state index < -0.39 is 12.1 Å². The lowest BCUT2D eigenvalue weighted by atomic mass is 9.98. The molecule has 34 heavy (non-hydrogen) atoms. The molecule has 0 aliphatic rings. The number of aromatic amines is 1. The number of nitrogens with one attached hydrogen (secondary N) is 1. The van der Waals surface area contributed by atoms with Crippen molar-refractivity contribution in [1.82, 2.24) is 25.6 Å². The highest BCUT2D eigenvalue weighted by Gasteiger charge is 2.20. The molecule has 0 aliphatic carbocycles. The molecule has 2 heterocycles. The van der Waals surface area contributed by atoms with Crippen LogP contribution in [0.1, 0.15) is 37.0 Å². The number of anilines is 1. The Morgan fingerprint density at radius 3 is 2.50 bits per heavy atom. The fourth-order valence-electron chi connectivity index (χ4n) is 3.95. The maximum absolute atomic E-state index is 11.1. The van der Waals surface area contributed by atoms with Gasteiger partial charge >= 0.3 is 5.97 Å². The summed E-state index contributed by atoms with van der Waals surface area (Å²) in [5.41, 5.74) is 4.51. The predicted octanol–water partition coefficient (Wildman–Crippen LogP) is 3.85. The van der Waals surface area contributed by atoms with E-state index in [1.165, 1.54) is 0 Å². The Balaban J connectivity index is 1.59. The molecule has 4 aromatic rings. The van der Waals surface area contributed by atoms with Crippen molar-refractivity contribution in [3.63, 3.8) is 0 Å². The zero-order valence-electron chi connectivity index (χ0n) is 18.8. The lowest BCUT2D eigenvalue weighted by molar-refractivity contribution is -0.139. The standard InChI is InChI=1S/C25H26N6O3/c1-2-14-31(25-21(8-5-13-26-25)22(32)15-23(33)34)16-17-9-11-18(12-10-17)19-6-3-4-7-20(19)24-27-29-30-28-24/h3-13,22,32H,2,14-16H2,1H3,(H,33,34)(H,27,28,29,30). The summed E-state index contributed by atoms with van der Waals surface area (Å²) in [7, 11) is 0. The number of carboxylic acids is 1. The number of aliphatic hydroxyl groups is 1. The summed E-state index contributed by atoms with van der Waals surface area (Å²) in [6.07, 6.45) is 1.05. The first-order valence-electron chi connectivity index (χ1n) is 11.1. The number of nitrogens with zero attached hydrogens (tertiary/aromatic N) is 5. The first-order chi connectivity index (χ1) is 16.6. The third-order valence-corrected chi connectivity index (χ3v) is 5.49. The van der Waals surface area contributed by atoms with Crippen LogP contribution in [0.3, 0.4) is 0 Å². The minimum atomic E-state index is -1.12. The number of aromatic nitrogens is 5. The molecular formula is C25H26N6O3. The van der Waals surface area contributed by atoms with Crippen LogP contribution >= 0.6 is 0 Å². The molecule has 0 radical (unpaired) electrons. The minimum Gasteiger partial charge on any atom is -0.481 e. The van der Waals surface area contributed by atoms with Crippen LogP contribution in [-0.4, -0.2) is 48.3 Å². The van der Waals surface area contributed by atoms with E-state index >= 15 is 0 Å². The molecule has 4 rings (SSSR count). The van der Waals surface area contributed by atoms with E-state index in [9.17, 15) is 9.90 Å². The zero-order valence-corrected chi connectivity index (χ0v) is 18.8. The molecule has 0 bridgehead atoms. The van der Waals surface area contributed by atoms with Crippen LogP contribution < -0.4 is 4.90 Å². The normalized spacial score (nSPS) is 11.8. The molecule has 3 N–H and O–H groups in total. The molecular weight excluding hydrogens is 432 g/mol. The minimum absolute atomic E-state index is 0.368. The monoisotopic (exact) mass is 458 g/mol. The van der Waals surface area contributed by atoms with Crippen LogP contribution in [0.25, 0.3) is 22.5 Å². The second kappa shape index (κ2) is 10.7. The average Bonchev–Trinajstić information content (AvgIpc) is 3.39. The maximum Gasteiger partial charge on any atom is 0.306 e. The van der Waals surface area contributed by atoms with Gasteiger partial charge in [-0.3, -0.25) is 4.79 Å². The summed E-state index contributed by atoms with van der Waals surface area (Å²) in [5, 5.41) is 33.9. The Morgan fingerprint density at radius 1 is 1.06 bits per heavy atom. The topological polar surface area (TPSA) is 128 Å². The summed E-state index contributed by atoms with van der Waals surface area (Å²) in [5.74, 6) is 0.0852. The number of benzene rings is 2. The first-order valence-corrected chi connectivity index (χ1v) is 11.1. The Morgan fingerprint density at radius 2 is 1.82 bits per heavy atom. The Bertz CT molecular complexity index is 1230. The van der Waals surface area contributed by atoms with Crippen LogP contribution in [0.4, 0.5) is 5.82 Å². The van der Waals surface area contributed by atoms with Crippen molar-refractivity contribution in [1.29, 1.82) is 0 Å². The van der Waals surface area contributed by atoms with E-state index in [2.05, 4.69) is 61.7 Å². The molecule has 0 saturated heterocycles. The van der Waals surface area contributed by atoms with Gasteiger partial charge in [-0.2, -0.15) is 5.21 Å². The first kappa shape index (κ1) is 23.1. The average molecular weight is 459 g/mol. The second-order valence-corrected chi connectivity index (χ2v) is 7.93. The van der Waals surface area contributed by atoms with Gasteiger partial charge in [-0.1, -0.05) is 61.5 Å². The maximum atomic E-state index is 11.1. The molecule has 1 atom stereocenters. The number of rotatable bonds is 10. The quantitative estimate of drug-likeness (QED) is 0.327. The van der Waals surface area contributed by atoms with E-state index in [0.717, 1.165) is 28.7 Å². The highest BCUT2D eigenvalue weighted by Crippen LogP contribution is 2.31. The van der Waals surface area contributed by atoms with Gasteiger partial charge in [-0.15, -0.1) is 10.2 Å². The van der Waals surface area contributed by atoms with Gasteiger partial charge in [-0.25, -0.2) is 4.98 Å². The van der Waals surface area contributed by atoms with E-state index in [-0.39, 0.29) is 6.42 Å². The van der Waals surface area contributed by atoms with Crippen molar-refractivity contribution in [3.05, 3.63) is 78.0 Å². The number of hydrogen-bond acceptors (Lipinski definition) is 7. The second-order valence-electron chi connectivity index (χ2n) is 7.93. The van der Waals surface area contributed by atoms with E-state index in [0.29, 0.717) is 30.3 Å². The van der Waals surface area contributed by atoms with Crippen LogP contribution in [0, 0.1) is 0 Å². The number of H-pyrrole nitrogens is 1. The zero-order chi connectivity index (χ0) is 23.9. The summed E-state index contributed by atoms with van der Waals surface area (Å²) in [6, 6.07) is 19.6. The fourth-order valence-corrected chi connectivity index (χ4v) is 3.95. The molecule has 9 heteroatoms. The highest BCUT2D eigenvalue weighted by molar-refractivity contribution is 5.80. The van der Waals surface area contributed by atoms with E-state index in [1.807, 2.05) is 24.3 Å². The number of aliphatic carboxylic acids is 1. The van der Waals surface area contributed by atoms with Gasteiger partial charge in [0.05, 0.1) is 12.5 Å². The molecule has 2 aromatic heterocycles. The van der Waals surface area contributed by atoms with Crippen LogP contribution in [-0.2, 0) is 11.3 Å². The molecule has 9 nitrogen and oxygen atoms in total. The number of hydrogen-bond donors (Lipinski definition) is 3. The molecule has 0 spiro atoms. The number of pyridine rings is 1. The summed E-state index contributed by atoms with van der Waals surface area (Å²) >= 11 is 0. The smallest absolute Gasteiger partial charge is 0.306 e. The van der Waals surface area contributed by atoms with Gasteiger partial charge in [-0.05, 0) is 34.4 Å². The molecule has 0 amide bonds. The van der Waals surface area contributed by atoms with Gasteiger partial charge in [0, 0.05) is 30.4 Å². The molecule has 1 unspecified atom stereocenters. The fraction of sp³-hybridized carbons (Fsp3) is 0.240. The van der Waals surface area contributed by atoms with Crippen LogP contribution in [0.15, 0.2) is 66.9 Å². The van der Waals surface area contributed by atoms with E-state index in [4.69, 9.17) is 5.11 Å². The van der Waals surface area contributed by atoms with Gasteiger partial charge in [0.25, 0.3) is 0 Å². The highest BCUT2D eigenvalue weighted by atomic mass is 16.4. The van der Waals surface area contributed by atoms with Crippen molar-refractivity contribution < 1.29 is 15.0 Å². The van der Waals surface area contributed by atoms with Gasteiger partial charge in [0.1, 0.15) is 5.82 Å². The van der Waals surface area contributed by atoms with Crippen molar-refractivity contribution in [2.45, 2.75) is 32.4 Å². The SMILES string of the molecule is CCCN(Cc1ccc(-c2ccccc2-c2nn[nH]n2)cc1)c1ncccc1C(O)CC(=O)O. The number of tetrazole rings is 1. The van der Waals surface area contributed by atoms with Gasteiger partial charge in [0.15, 0.2) is 0 Å². The van der Waals surface area contributed by atoms with Gasteiger partial charge < -0.3 is 15.1 Å². The van der Waals surface area contributed by atoms with Crippen LogP contribution in [0.2, 0.25) is 0 Å². The van der Waals surface area contributed by atoms with Crippen molar-refractivity contribution >= 4 is 11.8 Å².